The number of aromatic nitrogens is 1. The van der Waals surface area contributed by atoms with Crippen LogP contribution in [0.25, 0.3) is 11.3 Å². The number of amides is 1. The zero-order valence-corrected chi connectivity index (χ0v) is 15.7. The Hall–Kier alpha value is -2.65. The highest BCUT2D eigenvalue weighted by Gasteiger charge is 2.30. The molecule has 0 aliphatic heterocycles. The number of hydrogen-bond acceptors (Lipinski definition) is 5. The van der Waals surface area contributed by atoms with Crippen LogP contribution in [0.5, 0.6) is 0 Å². The van der Waals surface area contributed by atoms with Crippen LogP contribution in [0.15, 0.2) is 58.8 Å². The molecule has 0 atom stereocenters. The average molecular weight is 408 g/mol. The lowest BCUT2D eigenvalue weighted by atomic mass is 10.1. The first-order valence-electron chi connectivity index (χ1n) is 7.74. The molecule has 1 heterocycles. The summed E-state index contributed by atoms with van der Waals surface area (Å²) >= 11 is 1.52. The van der Waals surface area contributed by atoms with Crippen LogP contribution in [0.1, 0.15) is 15.4 Å². The van der Waals surface area contributed by atoms with Crippen molar-refractivity contribution < 1.29 is 22.0 Å². The van der Waals surface area contributed by atoms with Gasteiger partial charge < -0.3 is 5.32 Å². The first-order chi connectivity index (χ1) is 12.8. The van der Waals surface area contributed by atoms with Crippen molar-refractivity contribution in [1.82, 2.24) is 4.98 Å². The topological polar surface area (TPSA) is 76.1 Å². The Balaban J connectivity index is 1.84. The highest BCUT2D eigenvalue weighted by molar-refractivity contribution is 7.91. The van der Waals surface area contributed by atoms with E-state index in [1.54, 1.807) is 24.3 Å². The van der Waals surface area contributed by atoms with Gasteiger partial charge in [0.15, 0.2) is 0 Å². The second-order valence-electron chi connectivity index (χ2n) is 5.59. The van der Waals surface area contributed by atoms with Gasteiger partial charge >= 0.3 is 5.76 Å². The summed E-state index contributed by atoms with van der Waals surface area (Å²) in [5.41, 5.74) is 1.73. The molecular weight excluding hydrogens is 394 g/mol. The fraction of sp³-hybridized carbons (Fsp3) is 0.111. The first-order valence-corrected chi connectivity index (χ1v) is 10.2. The minimum absolute atomic E-state index is 0.336. The SMILES string of the molecule is Cc1nc(-c2ccc(NC(=O)c3ccccc3S(=O)(=O)C(F)F)cc2)cs1. The van der Waals surface area contributed by atoms with E-state index in [2.05, 4.69) is 10.3 Å². The van der Waals surface area contributed by atoms with Crippen LogP contribution in [0.2, 0.25) is 0 Å². The maximum absolute atomic E-state index is 12.9. The molecule has 0 aliphatic rings. The van der Waals surface area contributed by atoms with E-state index in [0.29, 0.717) is 5.69 Å². The molecule has 0 radical (unpaired) electrons. The maximum atomic E-state index is 12.9. The van der Waals surface area contributed by atoms with Gasteiger partial charge in [0, 0.05) is 16.6 Å². The van der Waals surface area contributed by atoms with Crippen molar-refractivity contribution in [2.24, 2.45) is 0 Å². The Labute approximate surface area is 158 Å². The maximum Gasteiger partial charge on any atom is 0.341 e. The van der Waals surface area contributed by atoms with Crippen molar-refractivity contribution in [3.8, 4) is 11.3 Å². The number of hydrogen-bond donors (Lipinski definition) is 1. The van der Waals surface area contributed by atoms with E-state index in [0.717, 1.165) is 22.3 Å². The minimum Gasteiger partial charge on any atom is -0.322 e. The number of nitrogens with one attached hydrogen (secondary N) is 1. The van der Waals surface area contributed by atoms with Crippen LogP contribution in [-0.4, -0.2) is 25.1 Å². The lowest BCUT2D eigenvalue weighted by Crippen LogP contribution is -2.19. The van der Waals surface area contributed by atoms with E-state index in [1.165, 1.54) is 29.5 Å². The van der Waals surface area contributed by atoms with Crippen molar-refractivity contribution in [1.29, 1.82) is 0 Å². The molecule has 5 nitrogen and oxygen atoms in total. The minimum atomic E-state index is -4.89. The van der Waals surface area contributed by atoms with Crippen molar-refractivity contribution in [3.63, 3.8) is 0 Å². The number of carbonyl (C=O) groups is 1. The number of aryl methyl sites for hydroxylation is 1. The smallest absolute Gasteiger partial charge is 0.322 e. The van der Waals surface area contributed by atoms with Gasteiger partial charge in [0.2, 0.25) is 9.84 Å². The van der Waals surface area contributed by atoms with Gasteiger partial charge in [-0.3, -0.25) is 4.79 Å². The van der Waals surface area contributed by atoms with E-state index < -0.39 is 26.4 Å². The van der Waals surface area contributed by atoms with Crippen LogP contribution in [0.3, 0.4) is 0 Å². The van der Waals surface area contributed by atoms with Crippen LogP contribution in [0.4, 0.5) is 14.5 Å². The third-order valence-corrected chi connectivity index (χ3v) is 5.94. The molecule has 3 rings (SSSR count). The number of carbonyl (C=O) groups excluding carboxylic acids is 1. The average Bonchev–Trinajstić information content (AvgIpc) is 3.08. The normalized spacial score (nSPS) is 11.6. The van der Waals surface area contributed by atoms with E-state index in [-0.39, 0.29) is 5.56 Å². The Morgan fingerprint density at radius 3 is 2.37 bits per heavy atom. The Morgan fingerprint density at radius 2 is 1.78 bits per heavy atom. The molecule has 1 amide bonds. The molecular formula is C18H14F2N2O3S2. The molecule has 27 heavy (non-hydrogen) atoms. The molecule has 140 valence electrons. The van der Waals surface area contributed by atoms with E-state index in [4.69, 9.17) is 0 Å². The van der Waals surface area contributed by atoms with E-state index in [1.807, 2.05) is 12.3 Å². The number of thiazole rings is 1. The number of nitrogens with zero attached hydrogens (tertiary/aromatic N) is 1. The monoisotopic (exact) mass is 408 g/mol. The zero-order valence-electron chi connectivity index (χ0n) is 14.0. The predicted octanol–water partition coefficient (Wildman–Crippen LogP) is 4.37. The lowest BCUT2D eigenvalue weighted by Gasteiger charge is -2.10. The fourth-order valence-electron chi connectivity index (χ4n) is 2.42. The summed E-state index contributed by atoms with van der Waals surface area (Å²) in [4.78, 5) is 16.1. The van der Waals surface area contributed by atoms with Crippen molar-refractivity contribution in [3.05, 3.63) is 64.5 Å². The van der Waals surface area contributed by atoms with Gasteiger partial charge in [0.25, 0.3) is 5.91 Å². The molecule has 0 saturated heterocycles. The van der Waals surface area contributed by atoms with Gasteiger partial charge in [-0.15, -0.1) is 11.3 Å². The first kappa shape index (κ1) is 19.1. The molecule has 0 spiro atoms. The summed E-state index contributed by atoms with van der Waals surface area (Å²) in [6.45, 7) is 1.90. The third kappa shape index (κ3) is 4.04. The molecule has 0 unspecified atom stereocenters. The van der Waals surface area contributed by atoms with Gasteiger partial charge in [0.1, 0.15) is 0 Å². The Kier molecular flexibility index (Phi) is 5.33. The molecule has 0 aliphatic carbocycles. The molecule has 0 saturated carbocycles. The predicted molar refractivity (Wildman–Crippen MR) is 99.9 cm³/mol. The molecule has 3 aromatic rings. The van der Waals surface area contributed by atoms with Gasteiger partial charge in [-0.1, -0.05) is 24.3 Å². The number of halogens is 2. The van der Waals surface area contributed by atoms with Gasteiger partial charge in [-0.05, 0) is 31.2 Å². The third-order valence-electron chi connectivity index (χ3n) is 3.73. The summed E-state index contributed by atoms with van der Waals surface area (Å²) in [6, 6.07) is 11.7. The van der Waals surface area contributed by atoms with Crippen molar-refractivity contribution in [2.45, 2.75) is 17.6 Å². The van der Waals surface area contributed by atoms with Crippen molar-refractivity contribution in [2.75, 3.05) is 5.32 Å². The summed E-state index contributed by atoms with van der Waals surface area (Å²) in [5, 5.41) is 5.37. The standard InChI is InChI=1S/C18H14F2N2O3S2/c1-11-21-15(10-26-11)12-6-8-13(9-7-12)22-17(23)14-4-2-3-5-16(14)27(24,25)18(19)20/h2-10,18H,1H3,(H,22,23). The lowest BCUT2D eigenvalue weighted by molar-refractivity contribution is 0.102. The quantitative estimate of drug-likeness (QED) is 0.680. The van der Waals surface area contributed by atoms with Crippen LogP contribution in [-0.2, 0) is 9.84 Å². The molecule has 9 heteroatoms. The van der Waals surface area contributed by atoms with Gasteiger partial charge in [0.05, 0.1) is 21.2 Å². The van der Waals surface area contributed by atoms with Crippen LogP contribution < -0.4 is 5.32 Å². The second kappa shape index (κ2) is 7.53. The number of anilines is 1. The summed E-state index contributed by atoms with van der Waals surface area (Å²) in [6.07, 6.45) is 0. The van der Waals surface area contributed by atoms with Crippen LogP contribution in [0, 0.1) is 6.92 Å². The van der Waals surface area contributed by atoms with E-state index >= 15 is 0 Å². The number of rotatable bonds is 5. The Bertz CT molecular complexity index is 1080. The number of alkyl halides is 2. The summed E-state index contributed by atoms with van der Waals surface area (Å²) in [7, 11) is -4.89. The van der Waals surface area contributed by atoms with Gasteiger partial charge in [-0.2, -0.15) is 8.78 Å². The zero-order chi connectivity index (χ0) is 19.6. The van der Waals surface area contributed by atoms with Gasteiger partial charge in [-0.25, -0.2) is 13.4 Å². The fourth-order valence-corrected chi connectivity index (χ4v) is 3.97. The Morgan fingerprint density at radius 1 is 1.11 bits per heavy atom. The van der Waals surface area contributed by atoms with Crippen molar-refractivity contribution >= 4 is 32.8 Å². The second-order valence-corrected chi connectivity index (χ2v) is 8.53. The molecule has 0 bridgehead atoms. The van der Waals surface area contributed by atoms with E-state index in [9.17, 15) is 22.0 Å². The molecule has 2 aromatic carbocycles. The highest BCUT2D eigenvalue weighted by atomic mass is 32.2. The number of sulfone groups is 1. The summed E-state index contributed by atoms with van der Waals surface area (Å²) in [5.74, 6) is -4.39. The molecule has 1 N–H and O–H groups in total. The molecule has 0 fully saturated rings. The number of benzene rings is 2. The summed E-state index contributed by atoms with van der Waals surface area (Å²) < 4.78 is 49.3. The largest absolute Gasteiger partial charge is 0.341 e. The van der Waals surface area contributed by atoms with Crippen LogP contribution >= 0.6 is 11.3 Å². The molecule has 1 aromatic heterocycles. The highest BCUT2D eigenvalue weighted by Crippen LogP contribution is 2.25.